The van der Waals surface area contributed by atoms with E-state index in [1.165, 1.54) is 0 Å². The Bertz CT molecular complexity index is 821. The van der Waals surface area contributed by atoms with E-state index in [1.807, 2.05) is 12.1 Å². The van der Waals surface area contributed by atoms with E-state index in [-0.39, 0.29) is 5.91 Å². The zero-order valence-electron chi connectivity index (χ0n) is 11.1. The largest absolute Gasteiger partial charge is 0.417 e. The van der Waals surface area contributed by atoms with Crippen molar-refractivity contribution >= 4 is 17.0 Å². The highest BCUT2D eigenvalue weighted by molar-refractivity contribution is 5.92. The molecule has 0 unspecified atom stereocenters. The van der Waals surface area contributed by atoms with E-state index in [2.05, 4.69) is 15.3 Å². The first-order chi connectivity index (χ1) is 10.2. The van der Waals surface area contributed by atoms with Crippen LogP contribution in [0.3, 0.4) is 0 Å². The fraction of sp³-hybridized carbons (Fsp3) is 0.133. The smallest absolute Gasteiger partial charge is 0.408 e. The molecule has 3 aromatic rings. The number of amides is 1. The van der Waals surface area contributed by atoms with Crippen molar-refractivity contribution in [3.8, 4) is 0 Å². The van der Waals surface area contributed by atoms with Gasteiger partial charge in [-0.15, -0.1) is 0 Å². The van der Waals surface area contributed by atoms with Gasteiger partial charge >= 0.3 is 5.76 Å². The minimum atomic E-state index is -0.467. The molecule has 106 valence electrons. The summed E-state index contributed by atoms with van der Waals surface area (Å²) in [4.78, 5) is 29.5. The van der Waals surface area contributed by atoms with Gasteiger partial charge in [0.25, 0.3) is 5.91 Å². The molecule has 0 aliphatic rings. The van der Waals surface area contributed by atoms with Crippen molar-refractivity contribution in [3.63, 3.8) is 0 Å². The van der Waals surface area contributed by atoms with Crippen LogP contribution in [0.1, 0.15) is 16.1 Å². The van der Waals surface area contributed by atoms with Crippen molar-refractivity contribution in [3.05, 3.63) is 64.4 Å². The number of nitrogens with one attached hydrogen (secondary N) is 2. The standard InChI is InChI=1S/C15H13N3O3/c19-14(11-3-1-2-7-16-11)17-8-6-10-4-5-13-12(9-10)18-15(20)21-13/h1-5,7,9H,6,8H2,(H,17,19)(H,18,20). The number of nitrogens with zero attached hydrogens (tertiary/aromatic N) is 1. The average Bonchev–Trinajstić information content (AvgIpc) is 2.87. The minimum Gasteiger partial charge on any atom is -0.408 e. The summed E-state index contributed by atoms with van der Waals surface area (Å²) < 4.78 is 4.93. The van der Waals surface area contributed by atoms with Gasteiger partial charge in [0.05, 0.1) is 5.52 Å². The fourth-order valence-electron chi connectivity index (χ4n) is 2.06. The number of carbonyl (C=O) groups is 1. The van der Waals surface area contributed by atoms with Gasteiger partial charge < -0.3 is 9.73 Å². The Balaban J connectivity index is 1.61. The SMILES string of the molecule is O=C(NCCc1ccc2oc(=O)[nH]c2c1)c1ccccn1. The van der Waals surface area contributed by atoms with Crippen LogP contribution in [0.15, 0.2) is 51.8 Å². The minimum absolute atomic E-state index is 0.201. The molecule has 3 rings (SSSR count). The van der Waals surface area contributed by atoms with E-state index in [4.69, 9.17) is 4.42 Å². The van der Waals surface area contributed by atoms with Crippen LogP contribution >= 0.6 is 0 Å². The molecule has 0 radical (unpaired) electrons. The van der Waals surface area contributed by atoms with E-state index in [0.717, 1.165) is 5.56 Å². The van der Waals surface area contributed by atoms with Crippen molar-refractivity contribution in [2.75, 3.05) is 6.54 Å². The molecule has 0 saturated heterocycles. The zero-order chi connectivity index (χ0) is 14.7. The van der Waals surface area contributed by atoms with Gasteiger partial charge in [-0.2, -0.15) is 0 Å². The summed E-state index contributed by atoms with van der Waals surface area (Å²) in [5, 5.41) is 2.80. The second kappa shape index (κ2) is 5.62. The maximum Gasteiger partial charge on any atom is 0.417 e. The van der Waals surface area contributed by atoms with Crippen LogP contribution in [-0.4, -0.2) is 22.4 Å². The molecule has 1 amide bonds. The lowest BCUT2D eigenvalue weighted by atomic mass is 10.1. The zero-order valence-corrected chi connectivity index (χ0v) is 11.1. The monoisotopic (exact) mass is 283 g/mol. The molecule has 0 fully saturated rings. The molecule has 2 aromatic heterocycles. The van der Waals surface area contributed by atoms with Gasteiger partial charge in [-0.25, -0.2) is 4.79 Å². The highest BCUT2D eigenvalue weighted by atomic mass is 16.4. The Morgan fingerprint density at radius 2 is 2.19 bits per heavy atom. The molecule has 21 heavy (non-hydrogen) atoms. The number of carbonyl (C=O) groups excluding carboxylic acids is 1. The summed E-state index contributed by atoms with van der Waals surface area (Å²) in [5.41, 5.74) is 2.59. The quantitative estimate of drug-likeness (QED) is 0.759. The molecule has 6 nitrogen and oxygen atoms in total. The van der Waals surface area contributed by atoms with Crippen molar-refractivity contribution in [2.45, 2.75) is 6.42 Å². The van der Waals surface area contributed by atoms with Crippen LogP contribution in [-0.2, 0) is 6.42 Å². The number of benzene rings is 1. The van der Waals surface area contributed by atoms with Gasteiger partial charge in [-0.3, -0.25) is 14.8 Å². The Kier molecular flexibility index (Phi) is 3.51. The van der Waals surface area contributed by atoms with Crippen molar-refractivity contribution in [2.24, 2.45) is 0 Å². The van der Waals surface area contributed by atoms with Gasteiger partial charge in [0.15, 0.2) is 5.58 Å². The lowest BCUT2D eigenvalue weighted by Gasteiger charge is -2.04. The van der Waals surface area contributed by atoms with Crippen molar-refractivity contribution in [1.82, 2.24) is 15.3 Å². The topological polar surface area (TPSA) is 88.0 Å². The lowest BCUT2D eigenvalue weighted by Crippen LogP contribution is -2.26. The molecular formula is C15H13N3O3. The normalized spacial score (nSPS) is 10.7. The Morgan fingerprint density at radius 1 is 1.29 bits per heavy atom. The van der Waals surface area contributed by atoms with Gasteiger partial charge in [0.1, 0.15) is 5.69 Å². The molecule has 6 heteroatoms. The number of hydrogen-bond acceptors (Lipinski definition) is 4. The molecule has 0 bridgehead atoms. The van der Waals surface area contributed by atoms with Gasteiger partial charge in [0, 0.05) is 12.7 Å². The van der Waals surface area contributed by atoms with Crippen LogP contribution in [0.2, 0.25) is 0 Å². The molecule has 0 spiro atoms. The van der Waals surface area contributed by atoms with Gasteiger partial charge in [0.2, 0.25) is 0 Å². The molecule has 1 aromatic carbocycles. The summed E-state index contributed by atoms with van der Waals surface area (Å²) in [6.07, 6.45) is 2.24. The number of rotatable bonds is 4. The van der Waals surface area contributed by atoms with E-state index in [9.17, 15) is 9.59 Å². The highest BCUT2D eigenvalue weighted by Crippen LogP contribution is 2.12. The van der Waals surface area contributed by atoms with Gasteiger partial charge in [-0.05, 0) is 36.2 Å². The van der Waals surface area contributed by atoms with E-state index >= 15 is 0 Å². The molecule has 0 aliphatic carbocycles. The second-order valence-electron chi connectivity index (χ2n) is 4.57. The molecular weight excluding hydrogens is 270 g/mol. The third-order valence-corrected chi connectivity index (χ3v) is 3.08. The number of pyridine rings is 1. The summed E-state index contributed by atoms with van der Waals surface area (Å²) in [5.74, 6) is -0.668. The number of fused-ring (bicyclic) bond motifs is 1. The average molecular weight is 283 g/mol. The van der Waals surface area contributed by atoms with Crippen LogP contribution in [0.25, 0.3) is 11.1 Å². The number of hydrogen-bond donors (Lipinski definition) is 2. The van der Waals surface area contributed by atoms with E-state index < -0.39 is 5.76 Å². The molecule has 0 atom stereocenters. The van der Waals surface area contributed by atoms with Crippen LogP contribution in [0.4, 0.5) is 0 Å². The number of oxazole rings is 1. The third-order valence-electron chi connectivity index (χ3n) is 3.08. The maximum atomic E-state index is 11.8. The summed E-state index contributed by atoms with van der Waals surface area (Å²) in [6, 6.07) is 10.6. The molecule has 0 saturated carbocycles. The Hall–Kier alpha value is -2.89. The maximum absolute atomic E-state index is 11.8. The van der Waals surface area contributed by atoms with Crippen LogP contribution in [0.5, 0.6) is 0 Å². The fourth-order valence-corrected chi connectivity index (χ4v) is 2.06. The third kappa shape index (κ3) is 3.00. The number of aromatic nitrogens is 2. The molecule has 2 heterocycles. The van der Waals surface area contributed by atoms with Crippen LogP contribution in [0, 0.1) is 0 Å². The Labute approximate surface area is 119 Å². The highest BCUT2D eigenvalue weighted by Gasteiger charge is 2.06. The first kappa shape index (κ1) is 13.1. The first-order valence-electron chi connectivity index (χ1n) is 6.53. The van der Waals surface area contributed by atoms with E-state index in [1.54, 1.807) is 30.5 Å². The second-order valence-corrected chi connectivity index (χ2v) is 4.57. The van der Waals surface area contributed by atoms with Crippen molar-refractivity contribution < 1.29 is 9.21 Å². The number of aromatic amines is 1. The lowest BCUT2D eigenvalue weighted by molar-refractivity contribution is 0.0949. The predicted octanol–water partition coefficient (Wildman–Crippen LogP) is 1.49. The number of H-pyrrole nitrogens is 1. The molecule has 2 N–H and O–H groups in total. The predicted molar refractivity (Wildman–Crippen MR) is 77.1 cm³/mol. The van der Waals surface area contributed by atoms with Gasteiger partial charge in [-0.1, -0.05) is 12.1 Å². The van der Waals surface area contributed by atoms with E-state index in [0.29, 0.717) is 29.8 Å². The summed E-state index contributed by atoms with van der Waals surface area (Å²) in [6.45, 7) is 0.489. The first-order valence-corrected chi connectivity index (χ1v) is 6.53. The van der Waals surface area contributed by atoms with Crippen molar-refractivity contribution in [1.29, 1.82) is 0 Å². The Morgan fingerprint density at radius 3 is 3.00 bits per heavy atom. The summed E-state index contributed by atoms with van der Waals surface area (Å²) >= 11 is 0. The molecule has 0 aliphatic heterocycles. The van der Waals surface area contributed by atoms with Crippen LogP contribution < -0.4 is 11.1 Å². The summed E-state index contributed by atoms with van der Waals surface area (Å²) in [7, 11) is 0.